The average Bonchev–Trinajstić information content (AvgIpc) is 2.67. The lowest BCUT2D eigenvalue weighted by molar-refractivity contribution is -0.154. The molecule has 4 atom stereocenters. The minimum atomic E-state index is -0.604. The van der Waals surface area contributed by atoms with Crippen LogP contribution in [0.15, 0.2) is 0 Å². The van der Waals surface area contributed by atoms with Crippen LogP contribution < -0.4 is 10.6 Å². The molecule has 0 aliphatic rings. The smallest absolute Gasteiger partial charge is 0.407 e. The Morgan fingerprint density at radius 1 is 0.743 bits per heavy atom. The fourth-order valence-corrected chi connectivity index (χ4v) is 3.11. The van der Waals surface area contributed by atoms with Gasteiger partial charge in [-0.15, -0.1) is 0 Å². The molecule has 0 aliphatic heterocycles. The number of unbranched alkanes of at least 4 members (excludes halogenated alkanes) is 3. The van der Waals surface area contributed by atoms with Crippen molar-refractivity contribution in [1.82, 2.24) is 10.6 Å². The van der Waals surface area contributed by atoms with Gasteiger partial charge in [0.05, 0.1) is 30.7 Å². The van der Waals surface area contributed by atoms with Crippen molar-refractivity contribution in [2.24, 2.45) is 5.92 Å². The minimum Gasteiger partial charge on any atom is -0.463 e. The standard InChI is InChI=1S/C26H50N2O7/c1-11-12-13-14-15-21(32-16-18(2)27-23(30)34-25(5,6)7)20(4)22(29)33-17-19(3)28-24(31)35-26(8,9)10/h18-21H,11-17H2,1-10H3,(H,27,30)(H,28,31)/t18-,19-,20+,21?/m1/s1. The van der Waals surface area contributed by atoms with Crippen LogP contribution in [0.4, 0.5) is 9.59 Å². The summed E-state index contributed by atoms with van der Waals surface area (Å²) in [6, 6.07) is -0.688. The van der Waals surface area contributed by atoms with Crippen LogP contribution in [0, 0.1) is 5.92 Å². The molecule has 0 aromatic heterocycles. The second-order valence-corrected chi connectivity index (χ2v) is 11.2. The third-order valence-electron chi connectivity index (χ3n) is 4.83. The summed E-state index contributed by atoms with van der Waals surface area (Å²) in [4.78, 5) is 36.6. The van der Waals surface area contributed by atoms with Crippen LogP contribution in [-0.4, -0.2) is 60.8 Å². The number of nitrogens with one attached hydrogen (secondary N) is 2. The Bertz CT molecular complexity index is 641. The van der Waals surface area contributed by atoms with Crippen LogP contribution >= 0.6 is 0 Å². The van der Waals surface area contributed by atoms with E-state index in [4.69, 9.17) is 18.9 Å². The van der Waals surface area contributed by atoms with Crippen LogP contribution in [0.5, 0.6) is 0 Å². The number of esters is 1. The summed E-state index contributed by atoms with van der Waals surface area (Å²) in [6.45, 7) is 18.5. The molecular formula is C26H50N2O7. The van der Waals surface area contributed by atoms with Gasteiger partial charge in [-0.1, -0.05) is 32.6 Å². The van der Waals surface area contributed by atoms with Gasteiger partial charge in [-0.05, 0) is 68.7 Å². The zero-order chi connectivity index (χ0) is 27.2. The maximum absolute atomic E-state index is 12.7. The number of carbonyl (C=O) groups excluding carboxylic acids is 3. The summed E-state index contributed by atoms with van der Waals surface area (Å²) in [7, 11) is 0. The highest BCUT2D eigenvalue weighted by Gasteiger charge is 2.28. The van der Waals surface area contributed by atoms with Crippen LogP contribution in [-0.2, 0) is 23.7 Å². The summed E-state index contributed by atoms with van der Waals surface area (Å²) in [5.41, 5.74) is -1.19. The first-order valence-corrected chi connectivity index (χ1v) is 12.8. The fourth-order valence-electron chi connectivity index (χ4n) is 3.11. The molecule has 0 saturated carbocycles. The van der Waals surface area contributed by atoms with E-state index in [1.54, 1.807) is 55.4 Å². The van der Waals surface area contributed by atoms with Crippen molar-refractivity contribution in [3.8, 4) is 0 Å². The number of amides is 2. The van der Waals surface area contributed by atoms with Gasteiger partial charge in [0, 0.05) is 0 Å². The maximum atomic E-state index is 12.7. The van der Waals surface area contributed by atoms with Crippen molar-refractivity contribution in [2.75, 3.05) is 13.2 Å². The molecular weight excluding hydrogens is 452 g/mol. The number of alkyl carbamates (subject to hydrolysis) is 2. The second-order valence-electron chi connectivity index (χ2n) is 11.2. The maximum Gasteiger partial charge on any atom is 0.407 e. The van der Waals surface area contributed by atoms with E-state index in [0.717, 1.165) is 25.7 Å². The topological polar surface area (TPSA) is 112 Å². The number of carbonyl (C=O) groups is 3. The van der Waals surface area contributed by atoms with Gasteiger partial charge < -0.3 is 29.6 Å². The Morgan fingerprint density at radius 2 is 1.23 bits per heavy atom. The second kappa shape index (κ2) is 15.9. The highest BCUT2D eigenvalue weighted by atomic mass is 16.6. The SMILES string of the molecule is CCCCCCC(OC[C@@H](C)NC(=O)OC(C)(C)C)[C@H](C)C(=O)OC[C@@H](C)NC(=O)OC(C)(C)C. The van der Waals surface area contributed by atoms with E-state index < -0.39 is 41.3 Å². The van der Waals surface area contributed by atoms with E-state index >= 15 is 0 Å². The molecule has 9 nitrogen and oxygen atoms in total. The molecule has 0 spiro atoms. The average molecular weight is 503 g/mol. The Labute approximate surface area is 212 Å². The number of rotatable bonds is 14. The van der Waals surface area contributed by atoms with E-state index in [-0.39, 0.29) is 25.4 Å². The van der Waals surface area contributed by atoms with Crippen molar-refractivity contribution >= 4 is 18.2 Å². The lowest BCUT2D eigenvalue weighted by atomic mass is 9.98. The minimum absolute atomic E-state index is 0.0293. The molecule has 35 heavy (non-hydrogen) atoms. The molecule has 0 aromatic rings. The van der Waals surface area contributed by atoms with Gasteiger partial charge in [-0.3, -0.25) is 4.79 Å². The molecule has 206 valence electrons. The van der Waals surface area contributed by atoms with Crippen molar-refractivity contribution in [2.45, 2.75) is 131 Å². The van der Waals surface area contributed by atoms with Crippen molar-refractivity contribution in [3.63, 3.8) is 0 Å². The van der Waals surface area contributed by atoms with Crippen molar-refractivity contribution < 1.29 is 33.3 Å². The summed E-state index contributed by atoms with van der Waals surface area (Å²) in [5, 5.41) is 5.42. The summed E-state index contributed by atoms with van der Waals surface area (Å²) in [6.07, 6.45) is 3.52. The van der Waals surface area contributed by atoms with Gasteiger partial charge in [0.15, 0.2) is 0 Å². The van der Waals surface area contributed by atoms with E-state index in [1.807, 2.05) is 6.92 Å². The number of hydrogen-bond acceptors (Lipinski definition) is 7. The van der Waals surface area contributed by atoms with Gasteiger partial charge in [-0.2, -0.15) is 0 Å². The molecule has 2 N–H and O–H groups in total. The molecule has 0 radical (unpaired) electrons. The Hall–Kier alpha value is -2.03. The van der Waals surface area contributed by atoms with E-state index in [9.17, 15) is 14.4 Å². The monoisotopic (exact) mass is 502 g/mol. The fraction of sp³-hybridized carbons (Fsp3) is 0.885. The van der Waals surface area contributed by atoms with Gasteiger partial charge in [0.1, 0.15) is 17.8 Å². The molecule has 0 rings (SSSR count). The first-order chi connectivity index (χ1) is 16.0. The first-order valence-electron chi connectivity index (χ1n) is 12.8. The van der Waals surface area contributed by atoms with Crippen LogP contribution in [0.1, 0.15) is 101 Å². The lowest BCUT2D eigenvalue weighted by Gasteiger charge is -2.27. The lowest BCUT2D eigenvalue weighted by Crippen LogP contribution is -2.42. The first kappa shape index (κ1) is 33.0. The largest absolute Gasteiger partial charge is 0.463 e. The molecule has 0 bridgehead atoms. The van der Waals surface area contributed by atoms with Gasteiger partial charge >= 0.3 is 18.2 Å². The molecule has 0 aliphatic carbocycles. The number of hydrogen-bond donors (Lipinski definition) is 2. The van der Waals surface area contributed by atoms with Gasteiger partial charge in [-0.25, -0.2) is 9.59 Å². The highest BCUT2D eigenvalue weighted by molar-refractivity contribution is 5.73. The zero-order valence-electron chi connectivity index (χ0n) is 23.6. The third kappa shape index (κ3) is 18.0. The predicted octanol–water partition coefficient (Wildman–Crippen LogP) is 5.35. The van der Waals surface area contributed by atoms with Crippen molar-refractivity contribution in [3.05, 3.63) is 0 Å². The number of ether oxygens (including phenoxy) is 4. The summed E-state index contributed by atoms with van der Waals surface area (Å²) < 4.78 is 22.0. The van der Waals surface area contributed by atoms with Crippen molar-refractivity contribution in [1.29, 1.82) is 0 Å². The molecule has 0 aromatic carbocycles. The zero-order valence-corrected chi connectivity index (χ0v) is 23.6. The summed E-state index contributed by atoms with van der Waals surface area (Å²) >= 11 is 0. The quantitative estimate of drug-likeness (QED) is 0.187. The summed E-state index contributed by atoms with van der Waals surface area (Å²) in [5.74, 6) is -0.893. The van der Waals surface area contributed by atoms with Crippen LogP contribution in [0.2, 0.25) is 0 Å². The van der Waals surface area contributed by atoms with E-state index in [1.165, 1.54) is 0 Å². The molecule has 9 heteroatoms. The Balaban J connectivity index is 4.81. The molecule has 0 fully saturated rings. The molecule has 0 saturated heterocycles. The van der Waals surface area contributed by atoms with Gasteiger partial charge in [0.25, 0.3) is 0 Å². The third-order valence-corrected chi connectivity index (χ3v) is 4.83. The molecule has 2 amide bonds. The van der Waals surface area contributed by atoms with E-state index in [0.29, 0.717) is 6.42 Å². The Morgan fingerprint density at radius 3 is 1.69 bits per heavy atom. The highest BCUT2D eigenvalue weighted by Crippen LogP contribution is 2.18. The predicted molar refractivity (Wildman–Crippen MR) is 136 cm³/mol. The molecule has 1 unspecified atom stereocenters. The normalized spacial score (nSPS) is 15.4. The van der Waals surface area contributed by atoms with Crippen LogP contribution in [0.3, 0.4) is 0 Å². The van der Waals surface area contributed by atoms with Crippen LogP contribution in [0.25, 0.3) is 0 Å². The Kier molecular flexibility index (Phi) is 14.9. The van der Waals surface area contributed by atoms with Gasteiger partial charge in [0.2, 0.25) is 0 Å². The van der Waals surface area contributed by atoms with E-state index in [2.05, 4.69) is 17.6 Å². The molecule has 0 heterocycles.